The zero-order valence-corrected chi connectivity index (χ0v) is 8.92. The number of rotatable bonds is 1. The summed E-state index contributed by atoms with van der Waals surface area (Å²) >= 11 is 1.73. The Morgan fingerprint density at radius 3 is 2.60 bits per heavy atom. The molecule has 15 heavy (non-hydrogen) atoms. The van der Waals surface area contributed by atoms with E-state index in [2.05, 4.69) is 53.9 Å². The molecule has 0 aliphatic rings. The van der Waals surface area contributed by atoms with E-state index in [0.717, 1.165) is 0 Å². The Hall–Kier alpha value is -1.60. The lowest BCUT2D eigenvalue weighted by Crippen LogP contribution is -1.74. The summed E-state index contributed by atoms with van der Waals surface area (Å²) in [5.74, 6) is 0. The summed E-state index contributed by atoms with van der Waals surface area (Å²) in [7, 11) is 0. The molecule has 2 aromatic carbocycles. The lowest BCUT2D eigenvalue weighted by atomic mass is 10.1. The van der Waals surface area contributed by atoms with E-state index >= 15 is 0 Å². The molecular weight excluding hydrogens is 200 g/mol. The van der Waals surface area contributed by atoms with Crippen molar-refractivity contribution in [3.05, 3.63) is 60.0 Å². The Labute approximate surface area is 92.8 Å². The van der Waals surface area contributed by atoms with Crippen molar-refractivity contribution in [3.63, 3.8) is 0 Å². The van der Waals surface area contributed by atoms with E-state index in [4.69, 9.17) is 0 Å². The van der Waals surface area contributed by atoms with Gasteiger partial charge in [0.25, 0.3) is 0 Å². The average Bonchev–Trinajstić information content (AvgIpc) is 2.82. The summed E-state index contributed by atoms with van der Waals surface area (Å²) in [4.78, 5) is 1.21. The van der Waals surface area contributed by atoms with Crippen LogP contribution in [0, 0.1) is 6.07 Å². The van der Waals surface area contributed by atoms with Crippen LogP contribution in [0.1, 0.15) is 0 Å². The maximum absolute atomic E-state index is 3.24. The smallest absolute Gasteiger partial charge is 0.0421 e. The quantitative estimate of drug-likeness (QED) is 0.558. The van der Waals surface area contributed by atoms with Crippen molar-refractivity contribution in [2.75, 3.05) is 0 Å². The molecular formula is C14H9S. The van der Waals surface area contributed by atoms with Gasteiger partial charge in [0.05, 0.1) is 0 Å². The van der Waals surface area contributed by atoms with Gasteiger partial charge in [0.2, 0.25) is 0 Å². The van der Waals surface area contributed by atoms with Crippen LogP contribution >= 0.6 is 11.3 Å². The second-order valence-corrected chi connectivity index (χ2v) is 4.37. The van der Waals surface area contributed by atoms with Crippen molar-refractivity contribution in [2.24, 2.45) is 0 Å². The Kier molecular flexibility index (Phi) is 2.04. The topological polar surface area (TPSA) is 0 Å². The molecule has 1 radical (unpaired) electrons. The molecule has 0 fully saturated rings. The number of thiophene rings is 1. The van der Waals surface area contributed by atoms with Crippen LogP contribution in [-0.2, 0) is 0 Å². The van der Waals surface area contributed by atoms with Gasteiger partial charge in [-0.2, -0.15) is 0 Å². The predicted octanol–water partition coefficient (Wildman–Crippen LogP) is 4.37. The summed E-state index contributed by atoms with van der Waals surface area (Å²) in [5.41, 5.74) is 1.25. The molecule has 3 aromatic rings. The summed E-state index contributed by atoms with van der Waals surface area (Å²) in [5, 5.41) is 4.64. The van der Waals surface area contributed by atoms with Gasteiger partial charge in [0.1, 0.15) is 0 Å². The van der Waals surface area contributed by atoms with Crippen molar-refractivity contribution < 1.29 is 0 Å². The Bertz CT molecular complexity index is 579. The fourth-order valence-electron chi connectivity index (χ4n) is 1.73. The Balaban J connectivity index is 2.22. The molecule has 0 spiro atoms. The van der Waals surface area contributed by atoms with Gasteiger partial charge in [-0.15, -0.1) is 11.3 Å². The van der Waals surface area contributed by atoms with Crippen LogP contribution in [0.3, 0.4) is 0 Å². The lowest BCUT2D eigenvalue weighted by Gasteiger charge is -2.00. The number of benzene rings is 2. The summed E-state index contributed by atoms with van der Waals surface area (Å²) in [6, 6.07) is 20.2. The van der Waals surface area contributed by atoms with Gasteiger partial charge in [-0.05, 0) is 33.8 Å². The minimum Gasteiger partial charge on any atom is -0.143 e. The first-order valence-electron chi connectivity index (χ1n) is 4.88. The summed E-state index contributed by atoms with van der Waals surface area (Å²) in [6.07, 6.45) is 0. The summed E-state index contributed by atoms with van der Waals surface area (Å²) < 4.78 is 0. The SMILES string of the molecule is [c]1ccsc1-c1ccc2ccccc2c1. The third kappa shape index (κ3) is 1.55. The highest BCUT2D eigenvalue weighted by Gasteiger charge is 1.99. The third-order valence-corrected chi connectivity index (χ3v) is 3.34. The highest BCUT2D eigenvalue weighted by Crippen LogP contribution is 2.27. The Morgan fingerprint density at radius 1 is 0.933 bits per heavy atom. The third-order valence-electron chi connectivity index (χ3n) is 2.48. The van der Waals surface area contributed by atoms with Crippen LogP contribution in [0.25, 0.3) is 21.2 Å². The molecule has 1 aromatic heterocycles. The van der Waals surface area contributed by atoms with E-state index in [1.54, 1.807) is 11.3 Å². The standard InChI is InChI=1S/C14H9S/c1-2-5-12-10-13(8-7-11(12)4-1)14-6-3-9-15-14/h1-5,7-10H. The second-order valence-electron chi connectivity index (χ2n) is 3.46. The maximum Gasteiger partial charge on any atom is 0.0421 e. The first-order valence-corrected chi connectivity index (χ1v) is 5.76. The molecule has 0 unspecified atom stereocenters. The van der Waals surface area contributed by atoms with Crippen LogP contribution < -0.4 is 0 Å². The zero-order valence-electron chi connectivity index (χ0n) is 8.10. The van der Waals surface area contributed by atoms with Crippen LogP contribution in [0.15, 0.2) is 53.9 Å². The van der Waals surface area contributed by atoms with Gasteiger partial charge >= 0.3 is 0 Å². The molecule has 1 heteroatoms. The maximum atomic E-state index is 3.24. The van der Waals surface area contributed by atoms with Crippen molar-refractivity contribution in [3.8, 4) is 10.4 Å². The van der Waals surface area contributed by atoms with Gasteiger partial charge in [-0.1, -0.05) is 36.4 Å². The zero-order chi connectivity index (χ0) is 10.1. The molecule has 0 nitrogen and oxygen atoms in total. The van der Waals surface area contributed by atoms with E-state index in [1.165, 1.54) is 21.2 Å². The molecule has 3 rings (SSSR count). The van der Waals surface area contributed by atoms with E-state index in [0.29, 0.717) is 0 Å². The molecule has 71 valence electrons. The molecule has 0 atom stereocenters. The Morgan fingerprint density at radius 2 is 1.80 bits per heavy atom. The van der Waals surface area contributed by atoms with Crippen molar-refractivity contribution in [1.29, 1.82) is 0 Å². The molecule has 0 aliphatic heterocycles. The molecule has 0 bridgehead atoms. The van der Waals surface area contributed by atoms with E-state index in [1.807, 2.05) is 6.07 Å². The van der Waals surface area contributed by atoms with Crippen LogP contribution in [0.2, 0.25) is 0 Å². The minimum atomic E-state index is 1.21. The van der Waals surface area contributed by atoms with Gasteiger partial charge in [0, 0.05) is 10.9 Å². The van der Waals surface area contributed by atoms with Crippen molar-refractivity contribution >= 4 is 22.1 Å². The molecule has 0 N–H and O–H groups in total. The monoisotopic (exact) mass is 209 g/mol. The van der Waals surface area contributed by atoms with Gasteiger partial charge in [0.15, 0.2) is 0 Å². The van der Waals surface area contributed by atoms with Crippen molar-refractivity contribution in [2.45, 2.75) is 0 Å². The largest absolute Gasteiger partial charge is 0.143 e. The normalized spacial score (nSPS) is 10.7. The number of hydrogen-bond donors (Lipinski definition) is 0. The van der Waals surface area contributed by atoms with Gasteiger partial charge < -0.3 is 0 Å². The van der Waals surface area contributed by atoms with E-state index < -0.39 is 0 Å². The van der Waals surface area contributed by atoms with E-state index in [-0.39, 0.29) is 0 Å². The highest BCUT2D eigenvalue weighted by molar-refractivity contribution is 7.13. The fourth-order valence-corrected chi connectivity index (χ4v) is 2.40. The lowest BCUT2D eigenvalue weighted by molar-refractivity contribution is 1.73. The first-order chi connectivity index (χ1) is 7.43. The predicted molar refractivity (Wildman–Crippen MR) is 66.1 cm³/mol. The van der Waals surface area contributed by atoms with Gasteiger partial charge in [-0.3, -0.25) is 0 Å². The number of fused-ring (bicyclic) bond motifs is 1. The second kappa shape index (κ2) is 3.52. The molecule has 0 aliphatic carbocycles. The molecule has 0 saturated heterocycles. The number of hydrogen-bond acceptors (Lipinski definition) is 1. The highest BCUT2D eigenvalue weighted by atomic mass is 32.1. The minimum absolute atomic E-state index is 1.21. The molecule has 1 heterocycles. The fraction of sp³-hybridized carbons (Fsp3) is 0. The average molecular weight is 209 g/mol. The summed E-state index contributed by atoms with van der Waals surface area (Å²) in [6.45, 7) is 0. The van der Waals surface area contributed by atoms with Crippen LogP contribution in [-0.4, -0.2) is 0 Å². The molecule has 0 amide bonds. The van der Waals surface area contributed by atoms with Crippen LogP contribution in [0.5, 0.6) is 0 Å². The van der Waals surface area contributed by atoms with E-state index in [9.17, 15) is 0 Å². The van der Waals surface area contributed by atoms with Crippen LogP contribution in [0.4, 0.5) is 0 Å². The van der Waals surface area contributed by atoms with Gasteiger partial charge in [-0.25, -0.2) is 0 Å². The van der Waals surface area contributed by atoms with Crippen molar-refractivity contribution in [1.82, 2.24) is 0 Å². The first kappa shape index (κ1) is 8.69. The molecule has 0 saturated carbocycles.